The Labute approximate surface area is 223 Å². The maximum absolute atomic E-state index is 13.1. The van der Waals surface area contributed by atoms with E-state index in [0.29, 0.717) is 5.02 Å². The quantitative estimate of drug-likeness (QED) is 0.178. The van der Waals surface area contributed by atoms with Crippen LogP contribution in [0.4, 0.5) is 21.9 Å². The molecule has 0 spiro atoms. The van der Waals surface area contributed by atoms with Gasteiger partial charge in [0.25, 0.3) is 17.5 Å². The number of hydrogen-bond donors (Lipinski definition) is 1. The average molecular weight is 557 g/mol. The van der Waals surface area contributed by atoms with Crippen molar-refractivity contribution in [2.45, 2.75) is 6.92 Å². The van der Waals surface area contributed by atoms with E-state index in [1.54, 1.807) is 13.0 Å². The number of anilines is 1. The summed E-state index contributed by atoms with van der Waals surface area (Å²) in [6.07, 6.45) is 1.21. The third-order valence-electron chi connectivity index (χ3n) is 5.35. The molecular weight excluding hydrogens is 543 g/mol. The van der Waals surface area contributed by atoms with Crippen LogP contribution in [0.2, 0.25) is 10.0 Å². The fraction of sp³-hybridized carbons (Fsp3) is 0.0417. The number of nitrogens with one attached hydrogen (secondary N) is 1. The molecule has 3 aromatic rings. The van der Waals surface area contributed by atoms with Gasteiger partial charge in [0.2, 0.25) is 5.75 Å². The number of hydrogen-bond acceptors (Lipinski definition) is 8. The molecule has 1 N–H and O–H groups in total. The van der Waals surface area contributed by atoms with E-state index in [2.05, 4.69) is 5.32 Å². The minimum absolute atomic E-state index is 0.0312. The average Bonchev–Trinajstić information content (AvgIpc) is 2.85. The van der Waals surface area contributed by atoms with Gasteiger partial charge in [-0.1, -0.05) is 35.3 Å². The number of nitro groups is 2. The van der Waals surface area contributed by atoms with Gasteiger partial charge in [-0.2, -0.15) is 0 Å². The number of barbiturate groups is 1. The van der Waals surface area contributed by atoms with Crippen LogP contribution in [0, 0.1) is 27.2 Å². The number of urea groups is 1. The van der Waals surface area contributed by atoms with E-state index in [1.165, 1.54) is 36.4 Å². The van der Waals surface area contributed by atoms with Gasteiger partial charge in [0.05, 0.1) is 26.6 Å². The summed E-state index contributed by atoms with van der Waals surface area (Å²) in [6.45, 7) is 1.75. The molecule has 12 nitrogen and oxygen atoms in total. The van der Waals surface area contributed by atoms with Crippen molar-refractivity contribution in [3.63, 3.8) is 0 Å². The number of rotatable bonds is 6. The number of carbonyl (C=O) groups excluding carboxylic acids is 3. The molecule has 0 aliphatic carbocycles. The zero-order valence-corrected chi connectivity index (χ0v) is 20.6. The molecule has 0 atom stereocenters. The lowest BCUT2D eigenvalue weighted by atomic mass is 10.1. The third kappa shape index (κ3) is 5.16. The van der Waals surface area contributed by atoms with Gasteiger partial charge in [0.15, 0.2) is 0 Å². The monoisotopic (exact) mass is 556 g/mol. The Morgan fingerprint density at radius 3 is 2.24 bits per heavy atom. The summed E-state index contributed by atoms with van der Waals surface area (Å²) in [5.74, 6) is -2.14. The first-order valence-corrected chi connectivity index (χ1v) is 11.3. The zero-order valence-electron chi connectivity index (χ0n) is 19.1. The summed E-state index contributed by atoms with van der Waals surface area (Å²) >= 11 is 12.4. The summed E-state index contributed by atoms with van der Waals surface area (Å²) in [4.78, 5) is 59.4. The molecule has 192 valence electrons. The topological polar surface area (TPSA) is 162 Å². The Balaban J connectivity index is 1.64. The molecule has 0 radical (unpaired) electrons. The first-order chi connectivity index (χ1) is 18.0. The van der Waals surface area contributed by atoms with E-state index >= 15 is 0 Å². The number of amides is 4. The van der Waals surface area contributed by atoms with Crippen LogP contribution in [0.1, 0.15) is 11.1 Å². The molecule has 1 heterocycles. The molecule has 4 rings (SSSR count). The van der Waals surface area contributed by atoms with Gasteiger partial charge in [-0.15, -0.1) is 0 Å². The SMILES string of the molecule is Cc1ccc(N2C(=O)NC(=O)/C(=C\c3ccc(Oc4ccc([N+](=O)[O-])cc4[N+](=O)[O-])c(Cl)c3)C2=O)cc1Cl. The summed E-state index contributed by atoms with van der Waals surface area (Å²) in [5.41, 5.74) is -0.344. The molecule has 0 saturated carbocycles. The molecule has 0 aromatic heterocycles. The highest BCUT2D eigenvalue weighted by Gasteiger charge is 2.37. The Hall–Kier alpha value is -4.81. The van der Waals surface area contributed by atoms with Crippen LogP contribution in [-0.4, -0.2) is 27.7 Å². The van der Waals surface area contributed by atoms with Crippen LogP contribution in [-0.2, 0) is 9.59 Å². The first-order valence-electron chi connectivity index (χ1n) is 10.5. The lowest BCUT2D eigenvalue weighted by Crippen LogP contribution is -2.54. The summed E-state index contributed by atoms with van der Waals surface area (Å²) in [5, 5.41) is 24.7. The van der Waals surface area contributed by atoms with Crippen molar-refractivity contribution in [1.82, 2.24) is 5.32 Å². The van der Waals surface area contributed by atoms with Crippen molar-refractivity contribution in [1.29, 1.82) is 0 Å². The fourth-order valence-corrected chi connectivity index (χ4v) is 3.84. The smallest absolute Gasteiger partial charge is 0.335 e. The van der Waals surface area contributed by atoms with Gasteiger partial charge in [0, 0.05) is 11.1 Å². The first kappa shape index (κ1) is 26.3. The third-order valence-corrected chi connectivity index (χ3v) is 6.05. The fourth-order valence-electron chi connectivity index (χ4n) is 3.44. The molecule has 3 aromatic carbocycles. The predicted octanol–water partition coefficient (Wildman–Crippen LogP) is 5.58. The zero-order chi connectivity index (χ0) is 27.7. The second-order valence-corrected chi connectivity index (χ2v) is 8.66. The highest BCUT2D eigenvalue weighted by atomic mass is 35.5. The summed E-state index contributed by atoms with van der Waals surface area (Å²) < 4.78 is 5.50. The van der Waals surface area contributed by atoms with Crippen LogP contribution in [0.5, 0.6) is 11.5 Å². The normalized spacial score (nSPS) is 14.4. The summed E-state index contributed by atoms with van der Waals surface area (Å²) in [7, 11) is 0. The van der Waals surface area contributed by atoms with Crippen molar-refractivity contribution in [3.05, 3.63) is 102 Å². The van der Waals surface area contributed by atoms with Crippen molar-refractivity contribution >= 4 is 64.2 Å². The van der Waals surface area contributed by atoms with Crippen molar-refractivity contribution < 1.29 is 29.0 Å². The molecule has 0 bridgehead atoms. The molecule has 14 heteroatoms. The van der Waals surface area contributed by atoms with Gasteiger partial charge in [-0.3, -0.25) is 35.1 Å². The molecule has 1 fully saturated rings. The van der Waals surface area contributed by atoms with Crippen LogP contribution in [0.3, 0.4) is 0 Å². The van der Waals surface area contributed by atoms with E-state index in [4.69, 9.17) is 27.9 Å². The van der Waals surface area contributed by atoms with Crippen LogP contribution >= 0.6 is 23.2 Å². The Morgan fingerprint density at radius 2 is 1.61 bits per heavy atom. The second-order valence-electron chi connectivity index (χ2n) is 7.85. The number of benzene rings is 3. The van der Waals surface area contributed by atoms with Gasteiger partial charge in [-0.05, 0) is 54.5 Å². The molecule has 4 amide bonds. The van der Waals surface area contributed by atoms with E-state index in [9.17, 15) is 34.6 Å². The molecule has 1 aliphatic heterocycles. The van der Waals surface area contributed by atoms with Crippen molar-refractivity contribution in [2.75, 3.05) is 4.90 Å². The maximum Gasteiger partial charge on any atom is 0.335 e. The standard InChI is InChI=1S/C24H14Cl2N4O8/c1-12-2-4-14(10-17(12)25)28-23(32)16(22(31)27-24(28)33)8-13-3-6-20(18(26)9-13)38-21-7-5-15(29(34)35)11-19(21)30(36)37/h2-11H,1H3,(H,27,31,33)/b16-8+. The van der Waals surface area contributed by atoms with Crippen LogP contribution in [0.25, 0.3) is 6.08 Å². The second kappa shape index (κ2) is 10.3. The van der Waals surface area contributed by atoms with Crippen LogP contribution in [0.15, 0.2) is 60.2 Å². The van der Waals surface area contributed by atoms with Crippen LogP contribution < -0.4 is 15.0 Å². The highest BCUT2D eigenvalue weighted by molar-refractivity contribution is 6.39. The van der Waals surface area contributed by atoms with Crippen molar-refractivity contribution in [3.8, 4) is 11.5 Å². The van der Waals surface area contributed by atoms with E-state index in [1.807, 2.05) is 0 Å². The number of imide groups is 2. The Bertz CT molecular complexity index is 1590. The molecular formula is C24H14Cl2N4O8. The van der Waals surface area contributed by atoms with Gasteiger partial charge in [0.1, 0.15) is 11.3 Å². The van der Waals surface area contributed by atoms with Crippen molar-refractivity contribution in [2.24, 2.45) is 0 Å². The van der Waals surface area contributed by atoms with E-state index in [0.717, 1.165) is 28.7 Å². The lowest BCUT2D eigenvalue weighted by Gasteiger charge is -2.26. The highest BCUT2D eigenvalue weighted by Crippen LogP contribution is 2.37. The molecule has 38 heavy (non-hydrogen) atoms. The number of aryl methyl sites for hydroxylation is 1. The minimum Gasteiger partial charge on any atom is -0.449 e. The lowest BCUT2D eigenvalue weighted by molar-refractivity contribution is -0.394. The van der Waals surface area contributed by atoms with Gasteiger partial charge >= 0.3 is 11.7 Å². The largest absolute Gasteiger partial charge is 0.449 e. The van der Waals surface area contributed by atoms with Gasteiger partial charge in [-0.25, -0.2) is 9.69 Å². The van der Waals surface area contributed by atoms with Gasteiger partial charge < -0.3 is 4.74 Å². The van der Waals surface area contributed by atoms with E-state index < -0.39 is 39.1 Å². The van der Waals surface area contributed by atoms with E-state index in [-0.39, 0.29) is 33.3 Å². The number of nitrogens with zero attached hydrogens (tertiary/aromatic N) is 3. The predicted molar refractivity (Wildman–Crippen MR) is 136 cm³/mol. The summed E-state index contributed by atoms with van der Waals surface area (Å²) in [6, 6.07) is 10.5. The molecule has 0 unspecified atom stereocenters. The number of carbonyl (C=O) groups is 3. The number of nitro benzene ring substituents is 2. The Kier molecular flexibility index (Phi) is 7.10. The minimum atomic E-state index is -0.941. The Morgan fingerprint density at radius 1 is 0.895 bits per heavy atom. The number of halogens is 2. The maximum atomic E-state index is 13.1. The number of ether oxygens (including phenoxy) is 1. The molecule has 1 saturated heterocycles. The number of non-ortho nitro benzene ring substituents is 1. The molecule has 1 aliphatic rings.